The van der Waals surface area contributed by atoms with Crippen LogP contribution in [0, 0.1) is 11.7 Å². The van der Waals surface area contributed by atoms with E-state index in [4.69, 9.17) is 4.74 Å². The summed E-state index contributed by atoms with van der Waals surface area (Å²) in [5.74, 6) is 0.153. The molecule has 9 nitrogen and oxygen atoms in total. The Bertz CT molecular complexity index is 1230. The van der Waals surface area contributed by atoms with Gasteiger partial charge < -0.3 is 15.0 Å². The van der Waals surface area contributed by atoms with Crippen molar-refractivity contribution in [3.8, 4) is 11.4 Å². The summed E-state index contributed by atoms with van der Waals surface area (Å²) in [7, 11) is 0. The molecule has 1 aromatic heterocycles. The maximum Gasteiger partial charge on any atom is 0.350 e. The maximum atomic E-state index is 15.4. The fourth-order valence-corrected chi connectivity index (χ4v) is 5.31. The first-order valence-corrected chi connectivity index (χ1v) is 13.6. The molecule has 1 unspecified atom stereocenters. The lowest BCUT2D eigenvalue weighted by molar-refractivity contribution is -0.133. The number of carbonyl (C=O) groups is 2. The lowest BCUT2D eigenvalue weighted by Crippen LogP contribution is -2.47. The summed E-state index contributed by atoms with van der Waals surface area (Å²) in [6, 6.07) is 2.46. The third-order valence-corrected chi connectivity index (χ3v) is 7.58. The largest absolute Gasteiger partial charge is 0.490 e. The average Bonchev–Trinajstić information content (AvgIpc) is 3.69. The van der Waals surface area contributed by atoms with Crippen LogP contribution < -0.4 is 15.7 Å². The number of benzene rings is 1. The summed E-state index contributed by atoms with van der Waals surface area (Å²) in [6.07, 6.45) is 7.22. The number of hydrogen-bond acceptors (Lipinski definition) is 5. The summed E-state index contributed by atoms with van der Waals surface area (Å²) in [5, 5.41) is 7.39. The van der Waals surface area contributed by atoms with Gasteiger partial charge in [0.2, 0.25) is 5.91 Å². The molecular formula is C27H36FN5O4. The molecule has 0 radical (unpaired) electrons. The van der Waals surface area contributed by atoms with E-state index in [1.165, 1.54) is 6.07 Å². The van der Waals surface area contributed by atoms with Gasteiger partial charge in [0, 0.05) is 44.1 Å². The molecule has 2 aromatic rings. The minimum Gasteiger partial charge on any atom is -0.490 e. The topological polar surface area (TPSA) is 98.5 Å². The molecule has 200 valence electrons. The highest BCUT2D eigenvalue weighted by atomic mass is 19.1. The number of nitrogens with one attached hydrogen (secondary N) is 1. The highest BCUT2D eigenvalue weighted by Gasteiger charge is 2.35. The van der Waals surface area contributed by atoms with E-state index >= 15 is 4.39 Å². The highest BCUT2D eigenvalue weighted by Crippen LogP contribution is 2.32. The number of nitrogens with zero attached hydrogens (tertiary/aromatic N) is 4. The van der Waals surface area contributed by atoms with E-state index in [-0.39, 0.29) is 46.7 Å². The van der Waals surface area contributed by atoms with Crippen LogP contribution >= 0.6 is 0 Å². The molecule has 1 saturated heterocycles. The van der Waals surface area contributed by atoms with Gasteiger partial charge in [-0.1, -0.05) is 13.3 Å². The Morgan fingerprint density at radius 1 is 1.16 bits per heavy atom. The summed E-state index contributed by atoms with van der Waals surface area (Å²) in [5.41, 5.74) is -0.308. The van der Waals surface area contributed by atoms with Gasteiger partial charge in [0.15, 0.2) is 0 Å². The molecule has 0 bridgehead atoms. The molecule has 1 aliphatic carbocycles. The second-order valence-electron chi connectivity index (χ2n) is 10.6. The Kier molecular flexibility index (Phi) is 7.35. The maximum absolute atomic E-state index is 15.4. The van der Waals surface area contributed by atoms with Crippen molar-refractivity contribution in [1.82, 2.24) is 24.6 Å². The SMILES string of the molecule is CCCC(C)Oc1cc(-n2nc3n(c2=O)CCCC3)c(F)cc1C(=O)NC1CCN(C(=O)C2CC2)CC1. The van der Waals surface area contributed by atoms with Crippen molar-refractivity contribution in [2.45, 2.75) is 90.3 Å². The van der Waals surface area contributed by atoms with Crippen LogP contribution in [0.4, 0.5) is 4.39 Å². The first kappa shape index (κ1) is 25.5. The van der Waals surface area contributed by atoms with Gasteiger partial charge in [-0.2, -0.15) is 4.68 Å². The number of halogens is 1. The van der Waals surface area contributed by atoms with Crippen molar-refractivity contribution >= 4 is 11.8 Å². The molecule has 3 aliphatic rings. The first-order chi connectivity index (χ1) is 17.9. The zero-order valence-corrected chi connectivity index (χ0v) is 21.7. The number of likely N-dealkylation sites (tertiary alicyclic amines) is 1. The van der Waals surface area contributed by atoms with Gasteiger partial charge in [0.05, 0.1) is 11.7 Å². The fraction of sp³-hybridized carbons (Fsp3) is 0.630. The summed E-state index contributed by atoms with van der Waals surface area (Å²) < 4.78 is 24.2. The van der Waals surface area contributed by atoms with E-state index in [1.54, 1.807) is 4.57 Å². The van der Waals surface area contributed by atoms with E-state index in [0.29, 0.717) is 44.7 Å². The summed E-state index contributed by atoms with van der Waals surface area (Å²) >= 11 is 0. The molecule has 37 heavy (non-hydrogen) atoms. The van der Waals surface area contributed by atoms with E-state index in [2.05, 4.69) is 10.4 Å². The molecule has 0 spiro atoms. The van der Waals surface area contributed by atoms with Crippen molar-refractivity contribution in [2.75, 3.05) is 13.1 Å². The normalized spacial score (nSPS) is 18.8. The average molecular weight is 514 g/mol. The van der Waals surface area contributed by atoms with Gasteiger partial charge >= 0.3 is 5.69 Å². The van der Waals surface area contributed by atoms with Gasteiger partial charge in [0.25, 0.3) is 5.91 Å². The molecule has 5 rings (SSSR count). The molecule has 1 atom stereocenters. The van der Waals surface area contributed by atoms with Gasteiger partial charge in [-0.3, -0.25) is 14.2 Å². The second-order valence-corrected chi connectivity index (χ2v) is 10.6. The number of fused-ring (bicyclic) bond motifs is 1. The Hall–Kier alpha value is -3.17. The van der Waals surface area contributed by atoms with Crippen LogP contribution in [-0.4, -0.2) is 56.3 Å². The van der Waals surface area contributed by atoms with Crippen LogP contribution in [0.1, 0.15) is 81.4 Å². The van der Waals surface area contributed by atoms with E-state index in [1.807, 2.05) is 18.7 Å². The van der Waals surface area contributed by atoms with Crippen LogP contribution in [0.25, 0.3) is 5.69 Å². The first-order valence-electron chi connectivity index (χ1n) is 13.6. The Morgan fingerprint density at radius 2 is 1.92 bits per heavy atom. The number of aryl methyl sites for hydroxylation is 1. The van der Waals surface area contributed by atoms with Gasteiger partial charge in [-0.15, -0.1) is 5.10 Å². The summed E-state index contributed by atoms with van der Waals surface area (Å²) in [6.45, 7) is 5.73. The highest BCUT2D eigenvalue weighted by molar-refractivity contribution is 5.97. The van der Waals surface area contributed by atoms with Crippen molar-refractivity contribution < 1.29 is 18.7 Å². The Balaban J connectivity index is 1.38. The van der Waals surface area contributed by atoms with Gasteiger partial charge in [-0.05, 0) is 57.9 Å². The number of amides is 2. The zero-order valence-electron chi connectivity index (χ0n) is 21.7. The van der Waals surface area contributed by atoms with Crippen molar-refractivity contribution in [3.05, 3.63) is 39.8 Å². The number of rotatable bonds is 8. The smallest absolute Gasteiger partial charge is 0.350 e. The number of hydrogen-bond donors (Lipinski definition) is 1. The van der Waals surface area contributed by atoms with Crippen LogP contribution in [-0.2, 0) is 17.8 Å². The van der Waals surface area contributed by atoms with Crippen LogP contribution in [0.2, 0.25) is 0 Å². The molecule has 2 aliphatic heterocycles. The van der Waals surface area contributed by atoms with E-state index < -0.39 is 11.7 Å². The number of ether oxygens (including phenoxy) is 1. The van der Waals surface area contributed by atoms with E-state index in [0.717, 1.165) is 49.3 Å². The third kappa shape index (κ3) is 5.43. The predicted octanol–water partition coefficient (Wildman–Crippen LogP) is 3.21. The van der Waals surface area contributed by atoms with Gasteiger partial charge in [0.1, 0.15) is 23.1 Å². The minimum absolute atomic E-state index is 0.0194. The zero-order chi connectivity index (χ0) is 26.1. The molecule has 1 aromatic carbocycles. The third-order valence-electron chi connectivity index (χ3n) is 7.58. The number of carbonyl (C=O) groups excluding carboxylic acids is 2. The standard InChI is InChI=1S/C27H36FN5O4/c1-3-6-17(2)37-23-16-22(33-27(36)32-12-5-4-7-24(32)30-33)21(28)15-20(23)25(34)29-19-10-13-31(14-11-19)26(35)18-8-9-18/h15-19H,3-14H2,1-2H3,(H,29,34). The molecule has 1 saturated carbocycles. The minimum atomic E-state index is -0.706. The molecule has 1 N–H and O–H groups in total. The van der Waals surface area contributed by atoms with E-state index in [9.17, 15) is 14.4 Å². The van der Waals surface area contributed by atoms with Crippen molar-refractivity contribution in [1.29, 1.82) is 0 Å². The molecule has 2 amide bonds. The van der Waals surface area contributed by atoms with Crippen molar-refractivity contribution in [2.24, 2.45) is 5.92 Å². The fourth-order valence-electron chi connectivity index (χ4n) is 5.31. The van der Waals surface area contributed by atoms with Crippen LogP contribution in [0.5, 0.6) is 5.75 Å². The molecule has 2 fully saturated rings. The monoisotopic (exact) mass is 513 g/mol. The predicted molar refractivity (Wildman–Crippen MR) is 136 cm³/mol. The molecule has 10 heteroatoms. The lowest BCUT2D eigenvalue weighted by Gasteiger charge is -2.32. The quantitative estimate of drug-likeness (QED) is 0.585. The van der Waals surface area contributed by atoms with Crippen molar-refractivity contribution in [3.63, 3.8) is 0 Å². The lowest BCUT2D eigenvalue weighted by atomic mass is 10.0. The summed E-state index contributed by atoms with van der Waals surface area (Å²) in [4.78, 5) is 40.5. The van der Waals surface area contributed by atoms with Crippen LogP contribution in [0.3, 0.4) is 0 Å². The molecular weight excluding hydrogens is 477 g/mol. The number of piperidine rings is 1. The Morgan fingerprint density at radius 3 is 2.59 bits per heavy atom. The van der Waals surface area contributed by atoms with Crippen LogP contribution in [0.15, 0.2) is 16.9 Å². The molecule has 3 heterocycles. The van der Waals surface area contributed by atoms with Gasteiger partial charge in [-0.25, -0.2) is 9.18 Å². The Labute approximate surface area is 216 Å². The number of aromatic nitrogens is 3. The second kappa shape index (κ2) is 10.7.